The van der Waals surface area contributed by atoms with Gasteiger partial charge in [-0.15, -0.1) is 0 Å². The Labute approximate surface area is 123 Å². The summed E-state index contributed by atoms with van der Waals surface area (Å²) in [4.78, 5) is 16.5. The molecule has 0 saturated carbocycles. The van der Waals surface area contributed by atoms with Crippen LogP contribution in [-0.2, 0) is 0 Å². The minimum absolute atomic E-state index is 0.00857. The molecule has 0 saturated heterocycles. The molecule has 0 radical (unpaired) electrons. The molecule has 0 aliphatic heterocycles. The number of aromatic nitrogens is 4. The maximum Gasteiger partial charge on any atom is 0.323 e. The maximum atomic E-state index is 5.42. The second-order valence-electron chi connectivity index (χ2n) is 4.41. The Morgan fingerprint density at radius 1 is 1.29 bits per heavy atom. The number of hydrazine groups is 1. The van der Waals surface area contributed by atoms with E-state index in [0.29, 0.717) is 12.6 Å². The van der Waals surface area contributed by atoms with Gasteiger partial charge < -0.3 is 10.1 Å². The highest BCUT2D eigenvalue weighted by Crippen LogP contribution is 2.18. The van der Waals surface area contributed by atoms with E-state index in [-0.39, 0.29) is 18.0 Å². The van der Waals surface area contributed by atoms with Crippen molar-refractivity contribution in [2.75, 3.05) is 17.3 Å². The normalized spacial score (nSPS) is 11.8. The molecule has 8 heteroatoms. The van der Waals surface area contributed by atoms with Crippen LogP contribution in [0.15, 0.2) is 24.5 Å². The SMILES string of the molecule is CCCOc1nc(NN)nc(NC(C)c2cccnc2)n1. The van der Waals surface area contributed by atoms with Crippen molar-refractivity contribution in [2.45, 2.75) is 26.3 Å². The van der Waals surface area contributed by atoms with Gasteiger partial charge in [-0.3, -0.25) is 10.4 Å². The van der Waals surface area contributed by atoms with E-state index < -0.39 is 0 Å². The van der Waals surface area contributed by atoms with E-state index in [1.807, 2.05) is 26.0 Å². The molecule has 112 valence electrons. The fourth-order valence-corrected chi connectivity index (χ4v) is 1.65. The van der Waals surface area contributed by atoms with Crippen LogP contribution in [0.25, 0.3) is 0 Å². The van der Waals surface area contributed by atoms with Crippen LogP contribution in [0.2, 0.25) is 0 Å². The zero-order chi connectivity index (χ0) is 15.1. The van der Waals surface area contributed by atoms with E-state index in [0.717, 1.165) is 12.0 Å². The van der Waals surface area contributed by atoms with Crippen molar-refractivity contribution >= 4 is 11.9 Å². The predicted molar refractivity (Wildman–Crippen MR) is 79.7 cm³/mol. The lowest BCUT2D eigenvalue weighted by Gasteiger charge is -2.14. The Hall–Kier alpha value is -2.48. The lowest BCUT2D eigenvalue weighted by molar-refractivity contribution is 0.292. The van der Waals surface area contributed by atoms with Gasteiger partial charge in [0.15, 0.2) is 0 Å². The molecule has 0 fully saturated rings. The summed E-state index contributed by atoms with van der Waals surface area (Å²) in [5.74, 6) is 6.00. The molecular formula is C13H19N7O. The topological polar surface area (TPSA) is 111 Å². The number of nitrogens with two attached hydrogens (primary N) is 1. The van der Waals surface area contributed by atoms with E-state index >= 15 is 0 Å². The number of nitrogen functional groups attached to an aromatic ring is 1. The van der Waals surface area contributed by atoms with Gasteiger partial charge in [-0.25, -0.2) is 5.84 Å². The Bertz CT molecular complexity index is 564. The molecule has 2 heterocycles. The summed E-state index contributed by atoms with van der Waals surface area (Å²) in [7, 11) is 0. The molecule has 21 heavy (non-hydrogen) atoms. The lowest BCUT2D eigenvalue weighted by Crippen LogP contribution is -2.16. The number of ether oxygens (including phenoxy) is 1. The minimum Gasteiger partial charge on any atom is -0.463 e. The van der Waals surface area contributed by atoms with Gasteiger partial charge in [-0.2, -0.15) is 15.0 Å². The molecule has 1 atom stereocenters. The summed E-state index contributed by atoms with van der Waals surface area (Å²) in [5, 5.41) is 3.17. The first-order valence-corrected chi connectivity index (χ1v) is 6.75. The van der Waals surface area contributed by atoms with Crippen molar-refractivity contribution in [1.29, 1.82) is 0 Å². The third-order valence-corrected chi connectivity index (χ3v) is 2.71. The van der Waals surface area contributed by atoms with Gasteiger partial charge in [-0.1, -0.05) is 13.0 Å². The number of anilines is 2. The summed E-state index contributed by atoms with van der Waals surface area (Å²) >= 11 is 0. The van der Waals surface area contributed by atoms with Crippen LogP contribution >= 0.6 is 0 Å². The van der Waals surface area contributed by atoms with Crippen molar-refractivity contribution in [3.05, 3.63) is 30.1 Å². The van der Waals surface area contributed by atoms with Crippen molar-refractivity contribution in [2.24, 2.45) is 5.84 Å². The molecule has 2 aromatic rings. The van der Waals surface area contributed by atoms with Gasteiger partial charge in [0.1, 0.15) is 0 Å². The Kier molecular flexibility index (Phi) is 5.22. The van der Waals surface area contributed by atoms with E-state index in [1.54, 1.807) is 12.4 Å². The molecule has 0 spiro atoms. The predicted octanol–water partition coefficient (Wildman–Crippen LogP) is 1.51. The average molecular weight is 289 g/mol. The van der Waals surface area contributed by atoms with Crippen LogP contribution in [0, 0.1) is 0 Å². The Morgan fingerprint density at radius 3 is 2.76 bits per heavy atom. The third kappa shape index (κ3) is 4.25. The van der Waals surface area contributed by atoms with Crippen LogP contribution in [0.5, 0.6) is 6.01 Å². The molecule has 2 rings (SSSR count). The Morgan fingerprint density at radius 2 is 2.10 bits per heavy atom. The number of pyridine rings is 1. The summed E-state index contributed by atoms with van der Waals surface area (Å²) in [5.41, 5.74) is 3.43. The molecule has 4 N–H and O–H groups in total. The van der Waals surface area contributed by atoms with Gasteiger partial charge in [-0.05, 0) is 25.0 Å². The number of nitrogens with zero attached hydrogens (tertiary/aromatic N) is 4. The molecule has 0 amide bonds. The Balaban J connectivity index is 2.14. The highest BCUT2D eigenvalue weighted by molar-refractivity contribution is 5.37. The number of nitrogens with one attached hydrogen (secondary N) is 2. The van der Waals surface area contributed by atoms with Gasteiger partial charge in [0, 0.05) is 12.4 Å². The zero-order valence-electron chi connectivity index (χ0n) is 12.1. The van der Waals surface area contributed by atoms with E-state index in [1.165, 1.54) is 0 Å². The molecule has 0 bridgehead atoms. The van der Waals surface area contributed by atoms with E-state index in [2.05, 4.69) is 30.7 Å². The number of hydrogen-bond donors (Lipinski definition) is 3. The van der Waals surface area contributed by atoms with Crippen molar-refractivity contribution in [3.63, 3.8) is 0 Å². The molecule has 8 nitrogen and oxygen atoms in total. The fraction of sp³-hybridized carbons (Fsp3) is 0.385. The van der Waals surface area contributed by atoms with Gasteiger partial charge in [0.05, 0.1) is 12.6 Å². The van der Waals surface area contributed by atoms with Crippen molar-refractivity contribution < 1.29 is 4.74 Å². The second kappa shape index (κ2) is 7.34. The standard InChI is InChI=1S/C13H19N7O/c1-3-7-21-13-18-11(17-12(19-13)20-14)16-9(2)10-5-4-6-15-8-10/h4-6,8-9H,3,7,14H2,1-2H3,(H2,16,17,18,19,20). The number of rotatable bonds is 7. The van der Waals surface area contributed by atoms with Crippen LogP contribution in [0.3, 0.4) is 0 Å². The fourth-order valence-electron chi connectivity index (χ4n) is 1.65. The first-order chi connectivity index (χ1) is 10.2. The van der Waals surface area contributed by atoms with Crippen LogP contribution in [-0.4, -0.2) is 26.5 Å². The summed E-state index contributed by atoms with van der Waals surface area (Å²) in [6, 6.07) is 4.08. The third-order valence-electron chi connectivity index (χ3n) is 2.71. The van der Waals surface area contributed by atoms with Gasteiger partial charge >= 0.3 is 6.01 Å². The van der Waals surface area contributed by atoms with Crippen LogP contribution in [0.1, 0.15) is 31.9 Å². The van der Waals surface area contributed by atoms with Crippen LogP contribution in [0.4, 0.5) is 11.9 Å². The van der Waals surface area contributed by atoms with Crippen molar-refractivity contribution in [1.82, 2.24) is 19.9 Å². The van der Waals surface area contributed by atoms with Gasteiger partial charge in [0.2, 0.25) is 11.9 Å². The minimum atomic E-state index is -0.00857. The van der Waals surface area contributed by atoms with E-state index in [9.17, 15) is 0 Å². The highest BCUT2D eigenvalue weighted by atomic mass is 16.5. The van der Waals surface area contributed by atoms with Gasteiger partial charge in [0.25, 0.3) is 0 Å². The largest absolute Gasteiger partial charge is 0.463 e. The van der Waals surface area contributed by atoms with Crippen LogP contribution < -0.4 is 21.3 Å². The molecule has 1 unspecified atom stereocenters. The molecule has 0 aromatic carbocycles. The molecule has 0 aliphatic rings. The van der Waals surface area contributed by atoms with E-state index in [4.69, 9.17) is 10.6 Å². The first kappa shape index (κ1) is 14.9. The smallest absolute Gasteiger partial charge is 0.323 e. The first-order valence-electron chi connectivity index (χ1n) is 6.75. The summed E-state index contributed by atoms with van der Waals surface area (Å²) in [6.45, 7) is 4.53. The lowest BCUT2D eigenvalue weighted by atomic mass is 10.1. The molecule has 2 aromatic heterocycles. The second-order valence-corrected chi connectivity index (χ2v) is 4.41. The highest BCUT2D eigenvalue weighted by Gasteiger charge is 2.11. The quantitative estimate of drug-likeness (QED) is 0.519. The summed E-state index contributed by atoms with van der Waals surface area (Å²) in [6.07, 6.45) is 4.38. The zero-order valence-corrected chi connectivity index (χ0v) is 12.1. The molecular weight excluding hydrogens is 270 g/mol. The number of hydrogen-bond acceptors (Lipinski definition) is 8. The summed E-state index contributed by atoms with van der Waals surface area (Å²) < 4.78 is 5.42. The van der Waals surface area contributed by atoms with Crippen molar-refractivity contribution in [3.8, 4) is 6.01 Å². The molecule has 0 aliphatic carbocycles. The monoisotopic (exact) mass is 289 g/mol. The maximum absolute atomic E-state index is 5.42. The average Bonchev–Trinajstić information content (AvgIpc) is 2.53.